The Balaban J connectivity index is 3.07. The number of benzene rings is 1. The van der Waals surface area contributed by atoms with Crippen molar-refractivity contribution in [1.82, 2.24) is 0 Å². The van der Waals surface area contributed by atoms with Crippen LogP contribution in [0.2, 0.25) is 0 Å². The summed E-state index contributed by atoms with van der Waals surface area (Å²) in [4.78, 5) is 0. The van der Waals surface area contributed by atoms with Crippen molar-refractivity contribution >= 4 is 28.6 Å². The van der Waals surface area contributed by atoms with E-state index in [0.717, 1.165) is 4.24 Å². The van der Waals surface area contributed by atoms with E-state index in [-0.39, 0.29) is 5.75 Å². The Kier molecular flexibility index (Phi) is 4.22. The number of phenols is 1. The zero-order valence-corrected chi connectivity index (χ0v) is 9.69. The van der Waals surface area contributed by atoms with Crippen LogP contribution in [0.5, 0.6) is 5.75 Å². The van der Waals surface area contributed by atoms with Crippen molar-refractivity contribution in [3.63, 3.8) is 0 Å². The molecule has 1 atom stereocenters. The van der Waals surface area contributed by atoms with Gasteiger partial charge in [-0.05, 0) is 18.4 Å². The van der Waals surface area contributed by atoms with Gasteiger partial charge < -0.3 is 5.11 Å². The highest BCUT2D eigenvalue weighted by atomic mass is 32.2. The zero-order valence-electron chi connectivity index (χ0n) is 8.06. The number of phenolic OH excluding ortho intramolecular Hbond substituents is 1. The number of aromatic hydroxyl groups is 1. The van der Waals surface area contributed by atoms with Gasteiger partial charge in [-0.1, -0.05) is 18.2 Å². The molecule has 1 unspecified atom stereocenters. The van der Waals surface area contributed by atoms with Crippen LogP contribution in [0.1, 0.15) is 5.56 Å². The largest absolute Gasteiger partial charge is 0.507 e. The molecule has 1 aromatic carbocycles. The summed E-state index contributed by atoms with van der Waals surface area (Å²) in [6.07, 6.45) is 5.24. The first-order valence-electron chi connectivity index (χ1n) is 4.02. The Morgan fingerprint density at radius 1 is 1.50 bits per heavy atom. The van der Waals surface area contributed by atoms with Crippen molar-refractivity contribution in [2.45, 2.75) is 0 Å². The highest BCUT2D eigenvalue weighted by Gasteiger charge is 2.02. The van der Waals surface area contributed by atoms with Crippen molar-refractivity contribution < 1.29 is 9.32 Å². The number of thioether (sulfide) groups is 1. The van der Waals surface area contributed by atoms with Crippen molar-refractivity contribution in [2.75, 3.05) is 12.5 Å². The van der Waals surface area contributed by atoms with Gasteiger partial charge in [-0.15, -0.1) is 11.8 Å². The van der Waals surface area contributed by atoms with Gasteiger partial charge in [-0.25, -0.2) is 0 Å². The fraction of sp³-hybridized carbons (Fsp3) is 0.200. The average molecular weight is 228 g/mol. The second-order valence-corrected chi connectivity index (χ2v) is 5.14. The average Bonchev–Trinajstić information content (AvgIpc) is 2.16. The van der Waals surface area contributed by atoms with Crippen LogP contribution in [-0.2, 0) is 10.8 Å². The van der Waals surface area contributed by atoms with Gasteiger partial charge in [-0.2, -0.15) is 0 Å². The van der Waals surface area contributed by atoms with Gasteiger partial charge in [0.1, 0.15) is 5.75 Å². The predicted octanol–water partition coefficient (Wildman–Crippen LogP) is 2.43. The molecule has 0 aliphatic rings. The molecule has 0 saturated heterocycles. The van der Waals surface area contributed by atoms with E-state index in [1.807, 2.05) is 12.3 Å². The third-order valence-electron chi connectivity index (χ3n) is 1.69. The first-order valence-corrected chi connectivity index (χ1v) is 6.80. The Morgan fingerprint density at radius 3 is 2.64 bits per heavy atom. The normalized spacial score (nSPS) is 14.0. The van der Waals surface area contributed by atoms with Crippen LogP contribution in [0.3, 0.4) is 0 Å². The second kappa shape index (κ2) is 5.22. The monoisotopic (exact) mass is 228 g/mol. The van der Waals surface area contributed by atoms with Gasteiger partial charge in [0, 0.05) is 11.8 Å². The molecule has 0 heterocycles. The maximum Gasteiger partial charge on any atom is 0.122 e. The van der Waals surface area contributed by atoms with Gasteiger partial charge in [0.2, 0.25) is 0 Å². The molecule has 0 fully saturated rings. The van der Waals surface area contributed by atoms with Crippen LogP contribution in [0.15, 0.2) is 28.5 Å². The number of para-hydroxylation sites is 1. The maximum atomic E-state index is 11.2. The van der Waals surface area contributed by atoms with Gasteiger partial charge >= 0.3 is 0 Å². The van der Waals surface area contributed by atoms with E-state index < -0.39 is 10.8 Å². The van der Waals surface area contributed by atoms with E-state index in [0.29, 0.717) is 5.56 Å². The lowest BCUT2D eigenvalue weighted by Crippen LogP contribution is -1.86. The van der Waals surface area contributed by atoms with E-state index in [2.05, 4.69) is 0 Å². The molecule has 2 nitrogen and oxygen atoms in total. The van der Waals surface area contributed by atoms with E-state index >= 15 is 0 Å². The number of rotatable bonds is 3. The van der Waals surface area contributed by atoms with E-state index in [1.54, 1.807) is 30.5 Å². The molecular formula is C10H12O2S2. The van der Waals surface area contributed by atoms with Gasteiger partial charge in [0.15, 0.2) is 0 Å². The Bertz CT molecular complexity index is 372. The topological polar surface area (TPSA) is 37.3 Å². The third-order valence-corrected chi connectivity index (χ3v) is 4.10. The number of hydrogen-bond acceptors (Lipinski definition) is 3. The van der Waals surface area contributed by atoms with Crippen molar-refractivity contribution in [2.24, 2.45) is 0 Å². The molecule has 0 spiro atoms. The van der Waals surface area contributed by atoms with Crippen LogP contribution in [0, 0.1) is 0 Å². The molecule has 0 saturated carbocycles. The fourth-order valence-corrected chi connectivity index (χ4v) is 2.47. The standard InChI is InChI=1S/C10H12O2S2/c1-13-10(14(2)12)7-8-5-3-4-6-9(8)11/h3-7,11H,1-2H3. The van der Waals surface area contributed by atoms with Gasteiger partial charge in [0.25, 0.3) is 0 Å². The SMILES string of the molecule is CSC(=Cc1ccccc1O)S(C)=O. The van der Waals surface area contributed by atoms with Crippen molar-refractivity contribution in [3.8, 4) is 5.75 Å². The van der Waals surface area contributed by atoms with Crippen LogP contribution >= 0.6 is 11.8 Å². The molecule has 0 radical (unpaired) electrons. The summed E-state index contributed by atoms with van der Waals surface area (Å²) < 4.78 is 12.0. The molecule has 0 amide bonds. The summed E-state index contributed by atoms with van der Waals surface area (Å²) in [6.45, 7) is 0. The zero-order chi connectivity index (χ0) is 10.6. The van der Waals surface area contributed by atoms with Crippen molar-refractivity contribution in [3.05, 3.63) is 34.1 Å². The molecule has 1 rings (SSSR count). The minimum Gasteiger partial charge on any atom is -0.507 e. The van der Waals surface area contributed by atoms with Gasteiger partial charge in [0.05, 0.1) is 15.0 Å². The molecule has 4 heteroatoms. The third kappa shape index (κ3) is 2.89. The van der Waals surface area contributed by atoms with Gasteiger partial charge in [-0.3, -0.25) is 4.21 Å². The maximum absolute atomic E-state index is 11.2. The van der Waals surface area contributed by atoms with E-state index in [9.17, 15) is 9.32 Å². The summed E-state index contributed by atoms with van der Waals surface area (Å²) in [5, 5.41) is 9.48. The number of hydrogen-bond donors (Lipinski definition) is 1. The predicted molar refractivity (Wildman–Crippen MR) is 63.7 cm³/mol. The highest BCUT2D eigenvalue weighted by Crippen LogP contribution is 2.24. The molecule has 1 N–H and O–H groups in total. The second-order valence-electron chi connectivity index (χ2n) is 2.68. The minimum absolute atomic E-state index is 0.213. The Hall–Kier alpha value is -0.740. The van der Waals surface area contributed by atoms with Crippen LogP contribution in [0.4, 0.5) is 0 Å². The summed E-state index contributed by atoms with van der Waals surface area (Å²) >= 11 is 1.43. The minimum atomic E-state index is -0.999. The van der Waals surface area contributed by atoms with Crippen LogP contribution in [-0.4, -0.2) is 21.8 Å². The Morgan fingerprint density at radius 2 is 2.14 bits per heavy atom. The first-order chi connectivity index (χ1) is 6.65. The lowest BCUT2D eigenvalue weighted by atomic mass is 10.2. The molecule has 0 aromatic heterocycles. The fourth-order valence-electron chi connectivity index (χ4n) is 0.996. The van der Waals surface area contributed by atoms with Crippen LogP contribution in [0.25, 0.3) is 6.08 Å². The quantitative estimate of drug-likeness (QED) is 0.863. The molecule has 1 aromatic rings. The molecule has 14 heavy (non-hydrogen) atoms. The smallest absolute Gasteiger partial charge is 0.122 e. The highest BCUT2D eigenvalue weighted by molar-refractivity contribution is 8.16. The summed E-state index contributed by atoms with van der Waals surface area (Å²) in [5.41, 5.74) is 0.701. The molecule has 0 aliphatic heterocycles. The van der Waals surface area contributed by atoms with Crippen molar-refractivity contribution in [1.29, 1.82) is 0 Å². The first kappa shape index (κ1) is 11.3. The summed E-state index contributed by atoms with van der Waals surface area (Å²) in [6, 6.07) is 7.00. The Labute approximate surface area is 90.5 Å². The molecular weight excluding hydrogens is 216 g/mol. The summed E-state index contributed by atoms with van der Waals surface area (Å²) in [7, 11) is -0.999. The lowest BCUT2D eigenvalue weighted by molar-refractivity contribution is 0.474. The lowest BCUT2D eigenvalue weighted by Gasteiger charge is -2.01. The van der Waals surface area contributed by atoms with Crippen LogP contribution < -0.4 is 0 Å². The van der Waals surface area contributed by atoms with E-state index in [1.165, 1.54) is 11.8 Å². The molecule has 0 aliphatic carbocycles. The molecule has 76 valence electrons. The van der Waals surface area contributed by atoms with E-state index in [4.69, 9.17) is 0 Å². The summed E-state index contributed by atoms with van der Waals surface area (Å²) in [5.74, 6) is 0.213. The molecule has 0 bridgehead atoms.